The van der Waals surface area contributed by atoms with E-state index in [2.05, 4.69) is 16.4 Å². The van der Waals surface area contributed by atoms with Gasteiger partial charge in [0, 0.05) is 44.3 Å². The highest BCUT2D eigenvalue weighted by Gasteiger charge is 2.38. The van der Waals surface area contributed by atoms with Gasteiger partial charge in [0.05, 0.1) is 29.7 Å². The van der Waals surface area contributed by atoms with Crippen molar-refractivity contribution in [1.29, 1.82) is 0 Å². The second-order valence-electron chi connectivity index (χ2n) is 7.15. The van der Waals surface area contributed by atoms with Gasteiger partial charge in [-0.15, -0.1) is 0 Å². The van der Waals surface area contributed by atoms with E-state index in [0.717, 1.165) is 39.8 Å². The van der Waals surface area contributed by atoms with Crippen LogP contribution in [0.2, 0.25) is 0 Å². The van der Waals surface area contributed by atoms with Gasteiger partial charge < -0.3 is 19.8 Å². The predicted octanol–water partition coefficient (Wildman–Crippen LogP) is 2.70. The minimum atomic E-state index is -0.649. The zero-order valence-electron chi connectivity index (χ0n) is 16.2. The summed E-state index contributed by atoms with van der Waals surface area (Å²) in [6.07, 6.45) is 4.49. The van der Waals surface area contributed by atoms with Crippen molar-refractivity contribution in [3.05, 3.63) is 41.9 Å². The summed E-state index contributed by atoms with van der Waals surface area (Å²) in [5.41, 5.74) is 9.37. The number of anilines is 1. The highest BCUT2D eigenvalue weighted by molar-refractivity contribution is 5.98. The van der Waals surface area contributed by atoms with Crippen LogP contribution in [0.15, 0.2) is 30.6 Å². The summed E-state index contributed by atoms with van der Waals surface area (Å²) >= 11 is 0. The van der Waals surface area contributed by atoms with Crippen LogP contribution < -0.4 is 11.1 Å². The Labute approximate surface area is 162 Å². The molecule has 0 aliphatic carbocycles. The number of aryl methyl sites for hydroxylation is 2. The molecule has 146 valence electrons. The molecule has 0 bridgehead atoms. The van der Waals surface area contributed by atoms with Crippen molar-refractivity contribution in [2.24, 2.45) is 12.8 Å². The maximum absolute atomic E-state index is 11.2. The third-order valence-corrected chi connectivity index (χ3v) is 5.22. The molecule has 0 spiro atoms. The Hall–Kier alpha value is -2.97. The standard InChI is InChI=1S/C20H23N5O3/c1-12-6-15(23-17(7-12)20(27-3)4-5-28-11-20)14-10-25(2)16-9-22-18(8-13(14)16)24-19(21)26/h6-10H,4-5,11H2,1-3H3,(H3,21,22,24,26)/t20-/m1/s1. The molecule has 4 rings (SSSR count). The maximum Gasteiger partial charge on any atom is 0.317 e. The Kier molecular flexibility index (Phi) is 4.52. The number of amides is 2. The fraction of sp³-hybridized carbons (Fsp3) is 0.350. The van der Waals surface area contributed by atoms with E-state index in [9.17, 15) is 4.79 Å². The largest absolute Gasteiger partial charge is 0.378 e. The number of carbonyl (C=O) groups is 1. The lowest BCUT2D eigenvalue weighted by atomic mass is 9.95. The lowest BCUT2D eigenvalue weighted by Crippen LogP contribution is -2.30. The lowest BCUT2D eigenvalue weighted by molar-refractivity contribution is -0.0245. The average Bonchev–Trinajstić information content (AvgIpc) is 3.26. The van der Waals surface area contributed by atoms with Gasteiger partial charge in [-0.3, -0.25) is 5.32 Å². The van der Waals surface area contributed by atoms with E-state index in [1.54, 1.807) is 13.3 Å². The lowest BCUT2D eigenvalue weighted by Gasteiger charge is -2.26. The van der Waals surface area contributed by atoms with Crippen molar-refractivity contribution in [2.45, 2.75) is 18.9 Å². The minimum Gasteiger partial charge on any atom is -0.378 e. The van der Waals surface area contributed by atoms with Crippen LogP contribution >= 0.6 is 0 Å². The molecule has 8 heteroatoms. The minimum absolute atomic E-state index is 0.401. The van der Waals surface area contributed by atoms with Crippen LogP contribution in [0.5, 0.6) is 0 Å². The monoisotopic (exact) mass is 381 g/mol. The summed E-state index contributed by atoms with van der Waals surface area (Å²) in [5, 5.41) is 3.46. The van der Waals surface area contributed by atoms with Gasteiger partial charge >= 0.3 is 6.03 Å². The first-order chi connectivity index (χ1) is 13.4. The second kappa shape index (κ2) is 6.88. The van der Waals surface area contributed by atoms with Gasteiger partial charge in [0.1, 0.15) is 11.4 Å². The average molecular weight is 381 g/mol. The van der Waals surface area contributed by atoms with E-state index in [-0.39, 0.29) is 0 Å². The number of rotatable bonds is 4. The second-order valence-corrected chi connectivity index (χ2v) is 7.15. The van der Waals surface area contributed by atoms with Gasteiger partial charge in [0.25, 0.3) is 0 Å². The number of primary amides is 1. The van der Waals surface area contributed by atoms with Crippen molar-refractivity contribution >= 4 is 22.8 Å². The van der Waals surface area contributed by atoms with Crippen LogP contribution in [-0.2, 0) is 22.1 Å². The molecule has 0 saturated carbocycles. The SMILES string of the molecule is CO[C@]1(c2cc(C)cc(-c3cn(C)c4cnc(NC(N)=O)cc34)n2)CCOC1. The highest BCUT2D eigenvalue weighted by Crippen LogP contribution is 2.36. The molecule has 1 fully saturated rings. The third kappa shape index (κ3) is 3.10. The van der Waals surface area contributed by atoms with Crippen molar-refractivity contribution in [2.75, 3.05) is 25.6 Å². The summed E-state index contributed by atoms with van der Waals surface area (Å²) in [6.45, 7) is 3.19. The van der Waals surface area contributed by atoms with Gasteiger partial charge in [0.15, 0.2) is 0 Å². The molecule has 4 heterocycles. The molecule has 3 aromatic heterocycles. The molecular weight excluding hydrogens is 358 g/mol. The number of pyridine rings is 2. The molecule has 3 aromatic rings. The number of carbonyl (C=O) groups excluding carboxylic acids is 1. The molecule has 3 N–H and O–H groups in total. The van der Waals surface area contributed by atoms with Crippen LogP contribution in [0.3, 0.4) is 0 Å². The van der Waals surface area contributed by atoms with Gasteiger partial charge in [-0.2, -0.15) is 0 Å². The van der Waals surface area contributed by atoms with Crippen LogP contribution in [0.4, 0.5) is 10.6 Å². The Bertz CT molecular complexity index is 1050. The molecule has 1 atom stereocenters. The Morgan fingerprint density at radius 1 is 1.39 bits per heavy atom. The molecule has 1 saturated heterocycles. The number of methoxy groups -OCH3 is 1. The number of ether oxygens (including phenoxy) is 2. The first kappa shape index (κ1) is 18.4. The molecular formula is C20H23N5O3. The Morgan fingerprint density at radius 2 is 2.21 bits per heavy atom. The number of fused-ring (bicyclic) bond motifs is 1. The fourth-order valence-corrected chi connectivity index (χ4v) is 3.73. The summed E-state index contributed by atoms with van der Waals surface area (Å²) in [6, 6.07) is 5.25. The van der Waals surface area contributed by atoms with E-state index < -0.39 is 11.6 Å². The van der Waals surface area contributed by atoms with Crippen molar-refractivity contribution < 1.29 is 14.3 Å². The fourth-order valence-electron chi connectivity index (χ4n) is 3.73. The van der Waals surface area contributed by atoms with Gasteiger partial charge in [-0.1, -0.05) is 0 Å². The number of nitrogens with two attached hydrogens (primary N) is 1. The van der Waals surface area contributed by atoms with E-state index in [4.69, 9.17) is 20.2 Å². The summed E-state index contributed by atoms with van der Waals surface area (Å²) in [4.78, 5) is 20.4. The number of aromatic nitrogens is 3. The van der Waals surface area contributed by atoms with E-state index in [1.165, 1.54) is 0 Å². The topological polar surface area (TPSA) is 104 Å². The van der Waals surface area contributed by atoms with Crippen molar-refractivity contribution in [3.63, 3.8) is 0 Å². The first-order valence-corrected chi connectivity index (χ1v) is 9.06. The maximum atomic E-state index is 11.2. The summed E-state index contributed by atoms with van der Waals surface area (Å²) in [5.74, 6) is 0.401. The summed E-state index contributed by atoms with van der Waals surface area (Å²) < 4.78 is 13.4. The Balaban J connectivity index is 1.87. The molecule has 2 amide bonds. The van der Waals surface area contributed by atoms with Crippen molar-refractivity contribution in [1.82, 2.24) is 14.5 Å². The molecule has 0 aromatic carbocycles. The number of hydrogen-bond donors (Lipinski definition) is 2. The van der Waals surface area contributed by atoms with Gasteiger partial charge in [-0.25, -0.2) is 14.8 Å². The number of urea groups is 1. The number of nitrogens with one attached hydrogen (secondary N) is 1. The molecule has 0 radical (unpaired) electrons. The Morgan fingerprint density at radius 3 is 2.89 bits per heavy atom. The molecule has 1 aliphatic heterocycles. The first-order valence-electron chi connectivity index (χ1n) is 9.06. The zero-order valence-corrected chi connectivity index (χ0v) is 16.2. The van der Waals surface area contributed by atoms with E-state index in [1.807, 2.05) is 36.9 Å². The van der Waals surface area contributed by atoms with E-state index >= 15 is 0 Å². The van der Waals surface area contributed by atoms with Gasteiger partial charge in [-0.05, 0) is 30.7 Å². The van der Waals surface area contributed by atoms with Crippen LogP contribution in [-0.4, -0.2) is 40.9 Å². The smallest absolute Gasteiger partial charge is 0.317 e. The molecule has 8 nitrogen and oxygen atoms in total. The van der Waals surface area contributed by atoms with E-state index in [0.29, 0.717) is 19.0 Å². The normalized spacial score (nSPS) is 19.2. The number of hydrogen-bond acceptors (Lipinski definition) is 5. The van der Waals surface area contributed by atoms with Gasteiger partial charge in [0.2, 0.25) is 0 Å². The molecule has 28 heavy (non-hydrogen) atoms. The molecule has 0 unspecified atom stereocenters. The third-order valence-electron chi connectivity index (χ3n) is 5.22. The van der Waals surface area contributed by atoms with Crippen LogP contribution in [0, 0.1) is 6.92 Å². The predicted molar refractivity (Wildman–Crippen MR) is 106 cm³/mol. The highest BCUT2D eigenvalue weighted by atomic mass is 16.5. The zero-order chi connectivity index (χ0) is 19.9. The number of nitrogens with zero attached hydrogens (tertiary/aromatic N) is 3. The van der Waals surface area contributed by atoms with Crippen LogP contribution in [0.25, 0.3) is 22.2 Å². The molecule has 1 aliphatic rings. The summed E-state index contributed by atoms with van der Waals surface area (Å²) in [7, 11) is 3.65. The van der Waals surface area contributed by atoms with Crippen LogP contribution in [0.1, 0.15) is 17.7 Å². The van der Waals surface area contributed by atoms with Crippen molar-refractivity contribution in [3.8, 4) is 11.3 Å². The quantitative estimate of drug-likeness (QED) is 0.723.